The molecule has 21 heavy (non-hydrogen) atoms. The van der Waals surface area contributed by atoms with Gasteiger partial charge in [0.1, 0.15) is 5.75 Å². The van der Waals surface area contributed by atoms with Gasteiger partial charge in [0.15, 0.2) is 0 Å². The minimum atomic E-state index is -0.986. The van der Waals surface area contributed by atoms with Crippen molar-refractivity contribution in [1.82, 2.24) is 0 Å². The van der Waals surface area contributed by atoms with Crippen LogP contribution in [0.5, 0.6) is 5.75 Å². The summed E-state index contributed by atoms with van der Waals surface area (Å²) in [7, 11) is 0. The van der Waals surface area contributed by atoms with E-state index in [0.717, 1.165) is 0 Å². The number of hydrogen-bond acceptors (Lipinski definition) is 5. The van der Waals surface area contributed by atoms with Gasteiger partial charge in [0.05, 0.1) is 5.92 Å². The summed E-state index contributed by atoms with van der Waals surface area (Å²) in [6, 6.07) is 6.24. The molecule has 0 radical (unpaired) electrons. The molecule has 1 aromatic rings. The van der Waals surface area contributed by atoms with Crippen molar-refractivity contribution in [2.75, 3.05) is 0 Å². The fraction of sp³-hybridized carbons (Fsp3) is 0.467. The highest BCUT2D eigenvalue weighted by Crippen LogP contribution is 2.17. The Labute approximate surface area is 129 Å². The number of esters is 1. The van der Waals surface area contributed by atoms with Gasteiger partial charge in [-0.15, -0.1) is 0 Å². The van der Waals surface area contributed by atoms with E-state index in [4.69, 9.17) is 25.8 Å². The summed E-state index contributed by atoms with van der Waals surface area (Å²) >= 11 is 5.73. The second-order valence-corrected chi connectivity index (χ2v) is 5.56. The zero-order valence-electron chi connectivity index (χ0n) is 12.5. The van der Waals surface area contributed by atoms with E-state index in [1.54, 1.807) is 39.8 Å². The van der Waals surface area contributed by atoms with Gasteiger partial charge in [-0.05, 0) is 24.3 Å². The van der Waals surface area contributed by atoms with Crippen LogP contribution in [0.25, 0.3) is 0 Å². The first-order valence-corrected chi connectivity index (χ1v) is 7.02. The number of rotatable bonds is 5. The lowest BCUT2D eigenvalue weighted by Crippen LogP contribution is -2.32. The molecule has 0 saturated heterocycles. The predicted molar refractivity (Wildman–Crippen MR) is 78.1 cm³/mol. The van der Waals surface area contributed by atoms with Crippen LogP contribution in [0.15, 0.2) is 24.3 Å². The van der Waals surface area contributed by atoms with Gasteiger partial charge < -0.3 is 14.2 Å². The van der Waals surface area contributed by atoms with E-state index in [-0.39, 0.29) is 11.8 Å². The lowest BCUT2D eigenvalue weighted by molar-refractivity contribution is -0.180. The van der Waals surface area contributed by atoms with E-state index in [0.29, 0.717) is 10.8 Å². The predicted octanol–water partition coefficient (Wildman–Crippen LogP) is 4.04. The normalized spacial score (nSPS) is 12.1. The van der Waals surface area contributed by atoms with Crippen LogP contribution >= 0.6 is 11.6 Å². The first kappa shape index (κ1) is 17.3. The number of carbonyl (C=O) groups excluding carboxylic acids is 2. The van der Waals surface area contributed by atoms with Crippen LogP contribution in [0, 0.1) is 11.8 Å². The van der Waals surface area contributed by atoms with Crippen LogP contribution in [0.1, 0.15) is 27.7 Å². The fourth-order valence-corrected chi connectivity index (χ4v) is 1.39. The number of ether oxygens (including phenoxy) is 3. The summed E-state index contributed by atoms with van der Waals surface area (Å²) in [6.45, 7) is 6.94. The molecule has 0 aliphatic rings. The van der Waals surface area contributed by atoms with Crippen LogP contribution in [0.2, 0.25) is 5.02 Å². The Morgan fingerprint density at radius 2 is 1.57 bits per heavy atom. The Hall–Kier alpha value is -1.75. The van der Waals surface area contributed by atoms with Gasteiger partial charge >= 0.3 is 12.1 Å². The second kappa shape index (κ2) is 7.88. The number of halogens is 1. The molecule has 0 heterocycles. The van der Waals surface area contributed by atoms with Gasteiger partial charge in [-0.3, -0.25) is 4.79 Å². The molecular formula is C15H19ClO5. The van der Waals surface area contributed by atoms with Gasteiger partial charge in [0, 0.05) is 10.9 Å². The van der Waals surface area contributed by atoms with E-state index in [2.05, 4.69) is 0 Å². The third kappa shape index (κ3) is 6.04. The van der Waals surface area contributed by atoms with Crippen molar-refractivity contribution in [1.29, 1.82) is 0 Å². The molecule has 1 atom stereocenters. The Morgan fingerprint density at radius 3 is 2.05 bits per heavy atom. The van der Waals surface area contributed by atoms with E-state index in [1.807, 2.05) is 0 Å². The third-order valence-corrected chi connectivity index (χ3v) is 2.73. The van der Waals surface area contributed by atoms with Gasteiger partial charge in [0.25, 0.3) is 6.29 Å². The smallest absolute Gasteiger partial charge is 0.425 e. The SMILES string of the molecule is CC(C)C(=O)O[C@@H](OC(=O)Oc1ccc(Cl)cc1)C(C)C. The maximum absolute atomic E-state index is 11.7. The molecule has 0 N–H and O–H groups in total. The van der Waals surface area contributed by atoms with Crippen LogP contribution in [0.3, 0.4) is 0 Å². The van der Waals surface area contributed by atoms with Gasteiger partial charge in [-0.1, -0.05) is 39.3 Å². The summed E-state index contributed by atoms with van der Waals surface area (Å²) in [4.78, 5) is 23.3. The lowest BCUT2D eigenvalue weighted by atomic mass is 10.2. The molecule has 0 fully saturated rings. The highest BCUT2D eigenvalue weighted by Gasteiger charge is 2.25. The molecule has 0 bridgehead atoms. The molecule has 0 amide bonds. The topological polar surface area (TPSA) is 61.8 Å². The summed E-state index contributed by atoms with van der Waals surface area (Å²) in [5.74, 6) is -0.636. The van der Waals surface area contributed by atoms with Crippen molar-refractivity contribution in [2.24, 2.45) is 11.8 Å². The summed E-state index contributed by atoms with van der Waals surface area (Å²) in [5.41, 5.74) is 0. The number of benzene rings is 1. The molecule has 6 heteroatoms. The Balaban J connectivity index is 2.60. The van der Waals surface area contributed by atoms with E-state index in [1.165, 1.54) is 12.1 Å². The standard InChI is InChI=1S/C15H19ClO5/c1-9(2)13(17)20-14(10(3)4)21-15(18)19-12-7-5-11(16)6-8-12/h5-10,14H,1-4H3/t14-/m0/s1. The molecule has 116 valence electrons. The second-order valence-electron chi connectivity index (χ2n) is 5.13. The van der Waals surface area contributed by atoms with Crippen molar-refractivity contribution in [2.45, 2.75) is 34.0 Å². The minimum Gasteiger partial charge on any atom is -0.425 e. The molecule has 0 aromatic heterocycles. The quantitative estimate of drug-likeness (QED) is 0.466. The molecule has 1 rings (SSSR count). The van der Waals surface area contributed by atoms with Crippen LogP contribution in [-0.2, 0) is 14.3 Å². The van der Waals surface area contributed by atoms with Crippen LogP contribution < -0.4 is 4.74 Å². The lowest BCUT2D eigenvalue weighted by Gasteiger charge is -2.21. The van der Waals surface area contributed by atoms with Crippen LogP contribution in [-0.4, -0.2) is 18.4 Å². The number of carbonyl (C=O) groups is 2. The molecule has 0 aliphatic heterocycles. The van der Waals surface area contributed by atoms with Crippen molar-refractivity contribution in [3.05, 3.63) is 29.3 Å². The maximum atomic E-state index is 11.7. The minimum absolute atomic E-state index is 0.189. The third-order valence-electron chi connectivity index (χ3n) is 2.48. The highest BCUT2D eigenvalue weighted by molar-refractivity contribution is 6.30. The monoisotopic (exact) mass is 314 g/mol. The summed E-state index contributed by atoms with van der Waals surface area (Å²) in [5, 5.41) is 0.529. The largest absolute Gasteiger partial charge is 0.516 e. The van der Waals surface area contributed by atoms with Gasteiger partial charge in [-0.2, -0.15) is 0 Å². The van der Waals surface area contributed by atoms with Crippen molar-refractivity contribution < 1.29 is 23.8 Å². The summed E-state index contributed by atoms with van der Waals surface area (Å²) in [6.07, 6.45) is -1.92. The van der Waals surface area contributed by atoms with Crippen molar-refractivity contribution in [3.8, 4) is 5.75 Å². The molecule has 0 aliphatic carbocycles. The summed E-state index contributed by atoms with van der Waals surface area (Å²) < 4.78 is 15.1. The van der Waals surface area contributed by atoms with Crippen molar-refractivity contribution in [3.63, 3.8) is 0 Å². The average Bonchev–Trinajstić information content (AvgIpc) is 2.40. The average molecular weight is 315 g/mol. The Bertz CT molecular complexity index is 481. The maximum Gasteiger partial charge on any atom is 0.516 e. The Kier molecular flexibility index (Phi) is 6.49. The molecule has 5 nitrogen and oxygen atoms in total. The zero-order chi connectivity index (χ0) is 16.0. The van der Waals surface area contributed by atoms with E-state index < -0.39 is 18.4 Å². The molecule has 0 saturated carbocycles. The van der Waals surface area contributed by atoms with E-state index in [9.17, 15) is 9.59 Å². The van der Waals surface area contributed by atoms with Gasteiger partial charge in [-0.25, -0.2) is 4.79 Å². The highest BCUT2D eigenvalue weighted by atomic mass is 35.5. The first-order chi connectivity index (χ1) is 9.79. The molecule has 0 spiro atoms. The first-order valence-electron chi connectivity index (χ1n) is 6.64. The Morgan fingerprint density at radius 1 is 1.00 bits per heavy atom. The molecule has 0 unspecified atom stereocenters. The molecular weight excluding hydrogens is 296 g/mol. The zero-order valence-corrected chi connectivity index (χ0v) is 13.2. The number of hydrogen-bond donors (Lipinski definition) is 0. The van der Waals surface area contributed by atoms with Crippen LogP contribution in [0.4, 0.5) is 4.79 Å². The van der Waals surface area contributed by atoms with Crippen molar-refractivity contribution >= 4 is 23.7 Å². The van der Waals surface area contributed by atoms with E-state index >= 15 is 0 Å². The molecule has 1 aromatic carbocycles. The van der Waals surface area contributed by atoms with Gasteiger partial charge in [0.2, 0.25) is 0 Å². The fourth-order valence-electron chi connectivity index (χ4n) is 1.26.